The van der Waals surface area contributed by atoms with Crippen LogP contribution < -0.4 is 15.8 Å². The molecule has 2 amide bonds. The zero-order chi connectivity index (χ0) is 16.2. The molecule has 0 radical (unpaired) electrons. The highest BCUT2D eigenvalue weighted by Crippen LogP contribution is 2.15. The van der Waals surface area contributed by atoms with Gasteiger partial charge in [-0.05, 0) is 36.8 Å². The second kappa shape index (κ2) is 6.54. The molecule has 2 aromatic rings. The third-order valence-electron chi connectivity index (χ3n) is 2.98. The van der Waals surface area contributed by atoms with Gasteiger partial charge in [-0.25, -0.2) is 18.4 Å². The van der Waals surface area contributed by atoms with Crippen LogP contribution in [0, 0.1) is 0 Å². The summed E-state index contributed by atoms with van der Waals surface area (Å²) in [4.78, 5) is 15.8. The molecule has 1 aromatic heterocycles. The van der Waals surface area contributed by atoms with Crippen molar-refractivity contribution in [1.82, 2.24) is 10.3 Å². The van der Waals surface area contributed by atoms with E-state index >= 15 is 0 Å². The molecule has 7 nitrogen and oxygen atoms in total. The minimum Gasteiger partial charge on any atom is -0.331 e. The number of sulfonamides is 1. The Hall–Kier alpha value is -2.45. The summed E-state index contributed by atoms with van der Waals surface area (Å²) < 4.78 is 22.4. The number of urea groups is 1. The maximum Gasteiger partial charge on any atom is 0.319 e. The molecule has 1 heterocycles. The van der Waals surface area contributed by atoms with Gasteiger partial charge in [0.1, 0.15) is 0 Å². The third-order valence-corrected chi connectivity index (χ3v) is 3.90. The van der Waals surface area contributed by atoms with Crippen LogP contribution in [0.15, 0.2) is 53.7 Å². The van der Waals surface area contributed by atoms with Gasteiger partial charge in [0.05, 0.1) is 22.8 Å². The lowest BCUT2D eigenvalue weighted by atomic mass is 10.1. The third kappa shape index (κ3) is 4.27. The molecular weight excluding hydrogens is 304 g/mol. The molecule has 0 spiro atoms. The van der Waals surface area contributed by atoms with Gasteiger partial charge in [0, 0.05) is 6.20 Å². The number of pyridine rings is 1. The van der Waals surface area contributed by atoms with Crippen molar-refractivity contribution in [2.45, 2.75) is 17.9 Å². The van der Waals surface area contributed by atoms with Gasteiger partial charge in [0.15, 0.2) is 0 Å². The molecule has 0 aliphatic rings. The van der Waals surface area contributed by atoms with Crippen molar-refractivity contribution in [2.24, 2.45) is 5.14 Å². The lowest BCUT2D eigenvalue weighted by molar-refractivity contribution is 0.249. The van der Waals surface area contributed by atoms with Crippen molar-refractivity contribution >= 4 is 21.7 Å². The molecule has 0 saturated heterocycles. The number of rotatable bonds is 4. The van der Waals surface area contributed by atoms with Crippen molar-refractivity contribution < 1.29 is 13.2 Å². The van der Waals surface area contributed by atoms with Gasteiger partial charge < -0.3 is 10.6 Å². The zero-order valence-electron chi connectivity index (χ0n) is 11.9. The number of primary sulfonamides is 1. The summed E-state index contributed by atoms with van der Waals surface area (Å²) in [5.74, 6) is 0. The maximum absolute atomic E-state index is 11.9. The fourth-order valence-electron chi connectivity index (χ4n) is 1.83. The summed E-state index contributed by atoms with van der Waals surface area (Å²) in [5, 5.41) is 10.4. The number of hydrogen-bond donors (Lipinski definition) is 3. The first-order valence-electron chi connectivity index (χ1n) is 6.46. The first kappa shape index (κ1) is 15.9. The van der Waals surface area contributed by atoms with Gasteiger partial charge in [-0.1, -0.05) is 12.1 Å². The summed E-state index contributed by atoms with van der Waals surface area (Å²) in [6.45, 7) is 1.79. The SMILES string of the molecule is CC(NC(=O)Nc1cccnc1)c1ccc(S(N)(=O)=O)cc1. The van der Waals surface area contributed by atoms with Crippen LogP contribution >= 0.6 is 0 Å². The normalized spacial score (nSPS) is 12.5. The van der Waals surface area contributed by atoms with Crippen molar-refractivity contribution in [3.8, 4) is 0 Å². The summed E-state index contributed by atoms with van der Waals surface area (Å²) >= 11 is 0. The number of nitrogens with two attached hydrogens (primary N) is 1. The zero-order valence-corrected chi connectivity index (χ0v) is 12.7. The topological polar surface area (TPSA) is 114 Å². The molecule has 4 N–H and O–H groups in total. The average molecular weight is 320 g/mol. The Balaban J connectivity index is 2.00. The highest BCUT2D eigenvalue weighted by molar-refractivity contribution is 7.89. The lowest BCUT2D eigenvalue weighted by Gasteiger charge is -2.15. The number of benzene rings is 1. The number of amides is 2. The minimum atomic E-state index is -3.72. The number of anilines is 1. The molecule has 116 valence electrons. The second-order valence-electron chi connectivity index (χ2n) is 4.68. The Bertz CT molecular complexity index is 745. The van der Waals surface area contributed by atoms with Gasteiger partial charge in [-0.2, -0.15) is 0 Å². The second-order valence-corrected chi connectivity index (χ2v) is 6.24. The summed E-state index contributed by atoms with van der Waals surface area (Å²) in [6.07, 6.45) is 3.14. The van der Waals surface area contributed by atoms with Crippen molar-refractivity contribution in [3.05, 3.63) is 54.4 Å². The van der Waals surface area contributed by atoms with E-state index in [4.69, 9.17) is 5.14 Å². The first-order chi connectivity index (χ1) is 10.4. The smallest absolute Gasteiger partial charge is 0.319 e. The molecule has 1 atom stereocenters. The van der Waals surface area contributed by atoms with E-state index < -0.39 is 10.0 Å². The molecule has 1 unspecified atom stereocenters. The molecule has 1 aromatic carbocycles. The molecule has 22 heavy (non-hydrogen) atoms. The van der Waals surface area contributed by atoms with E-state index in [9.17, 15) is 13.2 Å². The molecule has 8 heteroatoms. The molecule has 0 aliphatic carbocycles. The van der Waals surface area contributed by atoms with Gasteiger partial charge in [-0.15, -0.1) is 0 Å². The largest absolute Gasteiger partial charge is 0.331 e. The van der Waals surface area contributed by atoms with Crippen LogP contribution in [0.5, 0.6) is 0 Å². The molecule has 0 aliphatic heterocycles. The molecule has 0 fully saturated rings. The molecule has 0 saturated carbocycles. The molecule has 0 bridgehead atoms. The Kier molecular flexibility index (Phi) is 4.74. The number of nitrogens with zero attached hydrogens (tertiary/aromatic N) is 1. The van der Waals surface area contributed by atoms with Gasteiger partial charge >= 0.3 is 6.03 Å². The van der Waals surface area contributed by atoms with Crippen molar-refractivity contribution in [2.75, 3.05) is 5.32 Å². The van der Waals surface area contributed by atoms with Crippen LogP contribution in [0.2, 0.25) is 0 Å². The van der Waals surface area contributed by atoms with Gasteiger partial charge in [0.2, 0.25) is 10.0 Å². The van der Waals surface area contributed by atoms with Crippen molar-refractivity contribution in [1.29, 1.82) is 0 Å². The summed E-state index contributed by atoms with van der Waals surface area (Å²) in [5.41, 5.74) is 1.34. The monoisotopic (exact) mass is 320 g/mol. The van der Waals surface area contributed by atoms with E-state index in [0.29, 0.717) is 5.69 Å². The Morgan fingerprint density at radius 2 is 1.91 bits per heavy atom. The number of nitrogens with one attached hydrogen (secondary N) is 2. The van der Waals surface area contributed by atoms with Crippen LogP contribution in [0.1, 0.15) is 18.5 Å². The van der Waals surface area contributed by atoms with E-state index in [1.807, 2.05) is 0 Å². The Morgan fingerprint density at radius 3 is 2.45 bits per heavy atom. The first-order valence-corrected chi connectivity index (χ1v) is 8.01. The van der Waals surface area contributed by atoms with Crippen LogP contribution in [0.25, 0.3) is 0 Å². The Morgan fingerprint density at radius 1 is 1.23 bits per heavy atom. The maximum atomic E-state index is 11.9. The van der Waals surface area contributed by atoms with E-state index in [2.05, 4.69) is 15.6 Å². The van der Waals surface area contributed by atoms with Crippen LogP contribution in [0.4, 0.5) is 10.5 Å². The summed E-state index contributed by atoms with van der Waals surface area (Å²) in [7, 11) is -3.72. The van der Waals surface area contributed by atoms with E-state index in [1.165, 1.54) is 18.3 Å². The van der Waals surface area contributed by atoms with Crippen LogP contribution in [-0.4, -0.2) is 19.4 Å². The highest BCUT2D eigenvalue weighted by atomic mass is 32.2. The molecular formula is C14H16N4O3S. The number of carbonyl (C=O) groups is 1. The number of hydrogen-bond acceptors (Lipinski definition) is 4. The van der Waals surface area contributed by atoms with E-state index in [-0.39, 0.29) is 17.0 Å². The van der Waals surface area contributed by atoms with E-state index in [1.54, 1.807) is 37.4 Å². The fraction of sp³-hybridized carbons (Fsp3) is 0.143. The predicted molar refractivity (Wildman–Crippen MR) is 82.6 cm³/mol. The fourth-order valence-corrected chi connectivity index (χ4v) is 2.35. The highest BCUT2D eigenvalue weighted by Gasteiger charge is 2.12. The number of carbonyl (C=O) groups excluding carboxylic acids is 1. The number of aromatic nitrogens is 1. The molecule has 2 rings (SSSR count). The van der Waals surface area contributed by atoms with Gasteiger partial charge in [0.25, 0.3) is 0 Å². The quantitative estimate of drug-likeness (QED) is 0.794. The Labute approximate surface area is 128 Å². The standard InChI is InChI=1S/C14H16N4O3S/c1-10(11-4-6-13(7-5-11)22(15,20)21)17-14(19)18-12-3-2-8-16-9-12/h2-10H,1H3,(H2,15,20,21)(H2,17,18,19). The average Bonchev–Trinajstić information content (AvgIpc) is 2.47. The predicted octanol–water partition coefficient (Wildman–Crippen LogP) is 1.61. The van der Waals surface area contributed by atoms with E-state index in [0.717, 1.165) is 5.56 Å². The minimum absolute atomic E-state index is 0.0308. The lowest BCUT2D eigenvalue weighted by Crippen LogP contribution is -2.31. The summed E-state index contributed by atoms with van der Waals surface area (Å²) in [6, 6.07) is 8.78. The van der Waals surface area contributed by atoms with Crippen molar-refractivity contribution in [3.63, 3.8) is 0 Å². The van der Waals surface area contributed by atoms with Crippen LogP contribution in [-0.2, 0) is 10.0 Å². The van der Waals surface area contributed by atoms with Gasteiger partial charge in [-0.3, -0.25) is 4.98 Å². The van der Waals surface area contributed by atoms with Crippen LogP contribution in [0.3, 0.4) is 0 Å².